The molecule has 74 valence electrons. The molecule has 0 fully saturated rings. The molecule has 3 nitrogen and oxygen atoms in total. The number of hydrogen-bond acceptors (Lipinski definition) is 3. The van der Waals surface area contributed by atoms with Gasteiger partial charge in [-0.1, -0.05) is 23.7 Å². The van der Waals surface area contributed by atoms with E-state index in [-0.39, 0.29) is 18.2 Å². The van der Waals surface area contributed by atoms with Gasteiger partial charge in [-0.05, 0) is 19.1 Å². The van der Waals surface area contributed by atoms with E-state index in [0.717, 1.165) is 10.1 Å². The van der Waals surface area contributed by atoms with Crippen LogP contribution in [0.25, 0.3) is 10.1 Å². The van der Waals surface area contributed by atoms with Gasteiger partial charge in [-0.15, -0.1) is 0 Å². The molecule has 4 heteroatoms. The summed E-state index contributed by atoms with van der Waals surface area (Å²) in [6.45, 7) is 1.82. The molecule has 0 saturated heterocycles. The molecule has 0 aliphatic heterocycles. The fraction of sp³-hybridized carbons (Fsp3) is 0.300. The van der Waals surface area contributed by atoms with E-state index in [1.807, 2.05) is 31.2 Å². The van der Waals surface area contributed by atoms with Crippen molar-refractivity contribution < 1.29 is 5.11 Å². The smallest absolute Gasteiger partial charge is 0.268 e. The van der Waals surface area contributed by atoms with E-state index < -0.39 is 0 Å². The third-order valence-corrected chi connectivity index (χ3v) is 3.45. The molecule has 1 N–H and O–H groups in total. The number of rotatable bonds is 2. The summed E-state index contributed by atoms with van der Waals surface area (Å²) in [5.74, 6) is 0. The molecule has 1 aromatic carbocycles. The molecule has 2 aromatic rings. The monoisotopic (exact) mass is 209 g/mol. The Morgan fingerprint density at radius 1 is 1.50 bits per heavy atom. The first-order valence-electron chi connectivity index (χ1n) is 4.45. The van der Waals surface area contributed by atoms with Gasteiger partial charge >= 0.3 is 0 Å². The Labute approximate surface area is 85.4 Å². The first kappa shape index (κ1) is 9.43. The van der Waals surface area contributed by atoms with Crippen molar-refractivity contribution in [3.63, 3.8) is 0 Å². The minimum atomic E-state index is -0.139. The van der Waals surface area contributed by atoms with Crippen LogP contribution in [0.4, 0.5) is 0 Å². The van der Waals surface area contributed by atoms with Gasteiger partial charge in [0.1, 0.15) is 0 Å². The van der Waals surface area contributed by atoms with Gasteiger partial charge in [-0.3, -0.25) is 8.75 Å². The van der Waals surface area contributed by atoms with E-state index in [0.29, 0.717) is 0 Å². The predicted molar refractivity (Wildman–Crippen MR) is 57.9 cm³/mol. The van der Waals surface area contributed by atoms with Crippen LogP contribution in [0.3, 0.4) is 0 Å². The van der Waals surface area contributed by atoms with Crippen LogP contribution in [0.1, 0.15) is 13.0 Å². The van der Waals surface area contributed by atoms with Gasteiger partial charge in [0.15, 0.2) is 0 Å². The molecule has 1 heterocycles. The van der Waals surface area contributed by atoms with Crippen LogP contribution in [-0.4, -0.2) is 15.7 Å². The quantitative estimate of drug-likeness (QED) is 0.816. The number of nitrogens with zero attached hydrogens (tertiary/aromatic N) is 1. The fourth-order valence-corrected chi connectivity index (χ4v) is 2.39. The average molecular weight is 209 g/mol. The summed E-state index contributed by atoms with van der Waals surface area (Å²) in [6.07, 6.45) is 0. The van der Waals surface area contributed by atoms with Crippen molar-refractivity contribution in [1.82, 2.24) is 3.96 Å². The summed E-state index contributed by atoms with van der Waals surface area (Å²) in [4.78, 5) is 11.8. The second kappa shape index (κ2) is 3.55. The third-order valence-electron chi connectivity index (χ3n) is 2.18. The molecule has 0 spiro atoms. The molecular formula is C10H11NO2S. The second-order valence-electron chi connectivity index (χ2n) is 3.25. The Morgan fingerprint density at radius 2 is 2.21 bits per heavy atom. The lowest BCUT2D eigenvalue weighted by atomic mass is 10.3. The molecule has 1 aromatic heterocycles. The number of fused-ring (bicyclic) bond motifs is 1. The fourth-order valence-electron chi connectivity index (χ4n) is 1.35. The summed E-state index contributed by atoms with van der Waals surface area (Å²) in [5, 5.41) is 9.72. The molecule has 0 aliphatic rings. The van der Waals surface area contributed by atoms with Crippen LogP contribution >= 0.6 is 11.5 Å². The molecule has 0 unspecified atom stereocenters. The summed E-state index contributed by atoms with van der Waals surface area (Å²) in [6, 6.07) is 7.35. The zero-order valence-electron chi connectivity index (χ0n) is 7.80. The largest absolute Gasteiger partial charge is 0.394 e. The van der Waals surface area contributed by atoms with E-state index in [1.54, 1.807) is 3.96 Å². The van der Waals surface area contributed by atoms with E-state index in [9.17, 15) is 4.79 Å². The number of aromatic nitrogens is 1. The van der Waals surface area contributed by atoms with E-state index in [2.05, 4.69) is 0 Å². The standard InChI is InChI=1S/C10H11NO2S/c1-7(6-12)11-10(13)8-4-2-3-5-9(8)14-11/h2-5,7,12H,6H2,1H3/t7-/m1/s1. The SMILES string of the molecule is C[C@H](CO)n1sc2ccccc2c1=O. The van der Waals surface area contributed by atoms with Crippen LogP contribution in [0.15, 0.2) is 29.1 Å². The zero-order chi connectivity index (χ0) is 10.1. The molecule has 0 amide bonds. The van der Waals surface area contributed by atoms with Crippen molar-refractivity contribution >= 4 is 21.6 Å². The predicted octanol–water partition coefficient (Wildman–Crippen LogP) is 1.62. The van der Waals surface area contributed by atoms with Crippen LogP contribution < -0.4 is 5.56 Å². The van der Waals surface area contributed by atoms with Gasteiger partial charge in [-0.25, -0.2) is 0 Å². The van der Waals surface area contributed by atoms with Crippen molar-refractivity contribution in [2.75, 3.05) is 6.61 Å². The van der Waals surface area contributed by atoms with Crippen LogP contribution in [-0.2, 0) is 0 Å². The highest BCUT2D eigenvalue weighted by Gasteiger charge is 2.11. The molecule has 0 saturated carbocycles. The van der Waals surface area contributed by atoms with E-state index in [4.69, 9.17) is 5.11 Å². The Hall–Kier alpha value is -1.13. The molecule has 0 bridgehead atoms. The lowest BCUT2D eigenvalue weighted by Gasteiger charge is -2.05. The van der Waals surface area contributed by atoms with Gasteiger partial charge in [0.25, 0.3) is 5.56 Å². The minimum Gasteiger partial charge on any atom is -0.394 e. The topological polar surface area (TPSA) is 42.2 Å². The highest BCUT2D eigenvalue weighted by atomic mass is 32.1. The number of benzene rings is 1. The summed E-state index contributed by atoms with van der Waals surface area (Å²) < 4.78 is 2.59. The highest BCUT2D eigenvalue weighted by molar-refractivity contribution is 7.13. The van der Waals surface area contributed by atoms with Crippen molar-refractivity contribution in [2.24, 2.45) is 0 Å². The molecule has 1 atom stereocenters. The summed E-state index contributed by atoms with van der Waals surface area (Å²) >= 11 is 1.40. The van der Waals surface area contributed by atoms with Crippen molar-refractivity contribution in [2.45, 2.75) is 13.0 Å². The summed E-state index contributed by atoms with van der Waals surface area (Å²) in [7, 11) is 0. The zero-order valence-corrected chi connectivity index (χ0v) is 8.62. The third kappa shape index (κ3) is 1.36. The van der Waals surface area contributed by atoms with E-state index in [1.165, 1.54) is 11.5 Å². The van der Waals surface area contributed by atoms with Crippen LogP contribution in [0.5, 0.6) is 0 Å². The Kier molecular flexibility index (Phi) is 2.39. The number of aliphatic hydroxyl groups excluding tert-OH is 1. The number of hydrogen-bond donors (Lipinski definition) is 1. The van der Waals surface area contributed by atoms with Gasteiger partial charge < -0.3 is 5.11 Å². The first-order chi connectivity index (χ1) is 6.74. The molecule has 14 heavy (non-hydrogen) atoms. The minimum absolute atomic E-state index is 0.00721. The lowest BCUT2D eigenvalue weighted by molar-refractivity contribution is 0.243. The lowest BCUT2D eigenvalue weighted by Crippen LogP contribution is -2.19. The van der Waals surface area contributed by atoms with Gasteiger partial charge in [0.05, 0.1) is 22.7 Å². The molecule has 0 aliphatic carbocycles. The Balaban J connectivity index is 2.69. The number of aliphatic hydroxyl groups is 1. The van der Waals surface area contributed by atoms with Crippen molar-refractivity contribution in [1.29, 1.82) is 0 Å². The average Bonchev–Trinajstić information content (AvgIpc) is 2.56. The maximum Gasteiger partial charge on any atom is 0.268 e. The van der Waals surface area contributed by atoms with Crippen molar-refractivity contribution in [3.8, 4) is 0 Å². The molecular weight excluding hydrogens is 198 g/mol. The maximum absolute atomic E-state index is 11.8. The highest BCUT2D eigenvalue weighted by Crippen LogP contribution is 2.18. The van der Waals surface area contributed by atoms with Crippen LogP contribution in [0, 0.1) is 0 Å². The molecule has 2 rings (SSSR count). The van der Waals surface area contributed by atoms with Crippen molar-refractivity contribution in [3.05, 3.63) is 34.6 Å². The van der Waals surface area contributed by atoms with Crippen LogP contribution in [0.2, 0.25) is 0 Å². The first-order valence-corrected chi connectivity index (χ1v) is 5.23. The second-order valence-corrected chi connectivity index (χ2v) is 4.27. The molecule has 0 radical (unpaired) electrons. The van der Waals surface area contributed by atoms with E-state index >= 15 is 0 Å². The van der Waals surface area contributed by atoms with Gasteiger partial charge in [0, 0.05) is 0 Å². The summed E-state index contributed by atoms with van der Waals surface area (Å²) in [5.41, 5.74) is -0.00727. The normalized spacial score (nSPS) is 13.3. The van der Waals surface area contributed by atoms with Gasteiger partial charge in [0.2, 0.25) is 0 Å². The van der Waals surface area contributed by atoms with Gasteiger partial charge in [-0.2, -0.15) is 0 Å². The maximum atomic E-state index is 11.8. The Morgan fingerprint density at radius 3 is 2.86 bits per heavy atom. The Bertz CT molecular complexity index is 500.